The number of hydrogen-bond acceptors (Lipinski definition) is 7. The van der Waals surface area contributed by atoms with Crippen molar-refractivity contribution in [2.24, 2.45) is 5.10 Å². The number of aliphatic carboxylic acids is 1. The van der Waals surface area contributed by atoms with Crippen molar-refractivity contribution in [1.29, 1.82) is 0 Å². The maximum atomic E-state index is 13.1. The number of pyridine rings is 1. The molecule has 1 aliphatic heterocycles. The first-order chi connectivity index (χ1) is 16.4. The number of fused-ring (bicyclic) bond motifs is 1. The van der Waals surface area contributed by atoms with Gasteiger partial charge >= 0.3 is 0 Å². The van der Waals surface area contributed by atoms with E-state index in [0.717, 1.165) is 16.7 Å². The molecule has 3 aromatic rings. The molecule has 9 heteroatoms. The highest BCUT2D eigenvalue weighted by molar-refractivity contribution is 6.30. The van der Waals surface area contributed by atoms with Crippen LogP contribution in [0.25, 0.3) is 10.9 Å². The molecule has 0 N–H and O–H groups in total. The summed E-state index contributed by atoms with van der Waals surface area (Å²) in [7, 11) is 3.10. The van der Waals surface area contributed by atoms with Crippen LogP contribution >= 0.6 is 11.6 Å². The summed E-state index contributed by atoms with van der Waals surface area (Å²) in [6.45, 7) is 0. The molecule has 0 saturated heterocycles. The Morgan fingerprint density at radius 3 is 2.47 bits per heavy atom. The molecule has 0 radical (unpaired) electrons. The summed E-state index contributed by atoms with van der Waals surface area (Å²) >= 11 is 6.60. The molecule has 0 bridgehead atoms. The van der Waals surface area contributed by atoms with E-state index < -0.39 is 12.0 Å². The molecule has 8 nitrogen and oxygen atoms in total. The van der Waals surface area contributed by atoms with Gasteiger partial charge in [-0.1, -0.05) is 41.9 Å². The van der Waals surface area contributed by atoms with E-state index in [0.29, 0.717) is 29.0 Å². The van der Waals surface area contributed by atoms with Crippen molar-refractivity contribution >= 4 is 40.1 Å². The number of carboxylic acids is 1. The van der Waals surface area contributed by atoms with Crippen molar-refractivity contribution in [3.8, 4) is 11.5 Å². The first-order valence-corrected chi connectivity index (χ1v) is 11.2. The molecule has 176 valence electrons. The van der Waals surface area contributed by atoms with Crippen LogP contribution in [0.4, 0.5) is 0 Å². The fourth-order valence-electron chi connectivity index (χ4n) is 4.01. The van der Waals surface area contributed by atoms with Gasteiger partial charge in [0.25, 0.3) is 0 Å². The lowest BCUT2D eigenvalue weighted by Crippen LogP contribution is -2.28. The van der Waals surface area contributed by atoms with Crippen molar-refractivity contribution in [2.45, 2.75) is 31.7 Å². The third-order valence-corrected chi connectivity index (χ3v) is 6.01. The highest BCUT2D eigenvalue weighted by Gasteiger charge is 2.34. The van der Waals surface area contributed by atoms with Gasteiger partial charge in [0.2, 0.25) is 5.91 Å². The third kappa shape index (κ3) is 4.82. The van der Waals surface area contributed by atoms with E-state index in [2.05, 4.69) is 10.1 Å². The minimum Gasteiger partial charge on any atom is -0.550 e. The van der Waals surface area contributed by atoms with Gasteiger partial charge in [-0.3, -0.25) is 4.79 Å². The molecule has 2 heterocycles. The molecule has 2 aromatic carbocycles. The molecule has 0 aliphatic carbocycles. The van der Waals surface area contributed by atoms with E-state index in [1.54, 1.807) is 26.4 Å². The van der Waals surface area contributed by atoms with Crippen molar-refractivity contribution in [3.05, 3.63) is 64.8 Å². The van der Waals surface area contributed by atoms with Crippen molar-refractivity contribution in [3.63, 3.8) is 0 Å². The number of hydrogen-bond donors (Lipinski definition) is 0. The van der Waals surface area contributed by atoms with E-state index in [-0.39, 0.29) is 30.3 Å². The van der Waals surface area contributed by atoms with Gasteiger partial charge in [-0.05, 0) is 30.5 Å². The second-order valence-electron chi connectivity index (χ2n) is 7.86. The summed E-state index contributed by atoms with van der Waals surface area (Å²) in [4.78, 5) is 28.4. The van der Waals surface area contributed by atoms with Crippen LogP contribution in [-0.4, -0.2) is 41.8 Å². The van der Waals surface area contributed by atoms with Crippen LogP contribution in [0.1, 0.15) is 42.9 Å². The van der Waals surface area contributed by atoms with E-state index >= 15 is 0 Å². The van der Waals surface area contributed by atoms with Crippen molar-refractivity contribution < 1.29 is 24.2 Å². The average molecular weight is 481 g/mol. The largest absolute Gasteiger partial charge is 0.550 e. The molecule has 0 spiro atoms. The minimum absolute atomic E-state index is 0.0275. The van der Waals surface area contributed by atoms with Crippen LogP contribution in [0.3, 0.4) is 0 Å². The number of halogens is 1. The second-order valence-corrected chi connectivity index (χ2v) is 8.22. The minimum atomic E-state index is -1.19. The SMILES string of the molecule is COc1cc2cc([C@H]3CC(c4ccccc4)=NN3C(=O)CCCC(=O)[O-])c(Cl)nc2cc1OC. The number of hydrazone groups is 1. The zero-order valence-electron chi connectivity index (χ0n) is 18.8. The van der Waals surface area contributed by atoms with Gasteiger partial charge in [0.1, 0.15) is 5.15 Å². The number of ether oxygens (including phenoxy) is 2. The van der Waals surface area contributed by atoms with Crippen molar-refractivity contribution in [2.75, 3.05) is 14.2 Å². The highest BCUT2D eigenvalue weighted by atomic mass is 35.5. The van der Waals surface area contributed by atoms with Gasteiger partial charge in [0.05, 0.1) is 31.5 Å². The number of nitrogens with zero attached hydrogens (tertiary/aromatic N) is 3. The zero-order chi connectivity index (χ0) is 24.2. The lowest BCUT2D eigenvalue weighted by atomic mass is 9.98. The fourth-order valence-corrected chi connectivity index (χ4v) is 4.29. The first kappa shape index (κ1) is 23.5. The van der Waals surface area contributed by atoms with Crippen LogP contribution < -0.4 is 14.6 Å². The molecule has 1 amide bonds. The molecule has 4 rings (SSSR count). The predicted molar refractivity (Wildman–Crippen MR) is 126 cm³/mol. The Bertz CT molecular complexity index is 1260. The monoisotopic (exact) mass is 480 g/mol. The third-order valence-electron chi connectivity index (χ3n) is 5.70. The first-order valence-electron chi connectivity index (χ1n) is 10.8. The number of methoxy groups -OCH3 is 2. The Balaban J connectivity index is 1.73. The Morgan fingerprint density at radius 2 is 1.79 bits per heavy atom. The standard InChI is InChI=1S/C25H24ClN3O5/c1-33-21-12-16-11-17(25(26)27-18(16)14-22(21)34-2)20-13-19(15-7-4-3-5-8-15)28-29(20)23(30)9-6-10-24(31)32/h3-5,7-8,11-12,14,20H,6,9-10,13H2,1-2H3,(H,31,32)/p-1/t20-/m1/s1. The maximum Gasteiger partial charge on any atom is 0.243 e. The molecule has 0 unspecified atom stereocenters. The Hall–Kier alpha value is -3.65. The average Bonchev–Trinajstić information content (AvgIpc) is 3.28. The van der Waals surface area contributed by atoms with E-state index in [9.17, 15) is 14.7 Å². The van der Waals surface area contributed by atoms with Crippen LogP contribution in [0.2, 0.25) is 5.15 Å². The fraction of sp³-hybridized carbons (Fsp3) is 0.280. The molecular formula is C25H23ClN3O5-. The zero-order valence-corrected chi connectivity index (χ0v) is 19.5. The molecule has 1 aromatic heterocycles. The van der Waals surface area contributed by atoms with Gasteiger partial charge in [0.15, 0.2) is 11.5 Å². The summed E-state index contributed by atoms with van der Waals surface area (Å²) in [5.74, 6) is -0.398. The number of benzene rings is 2. The molecule has 1 aliphatic rings. The number of carboxylic acid groups (broad SMARTS) is 1. The summed E-state index contributed by atoms with van der Waals surface area (Å²) in [6.07, 6.45) is 0.441. The smallest absolute Gasteiger partial charge is 0.243 e. The topological polar surface area (TPSA) is 104 Å². The van der Waals surface area contributed by atoms with E-state index in [1.165, 1.54) is 5.01 Å². The quantitative estimate of drug-likeness (QED) is 0.457. The molecule has 1 atom stereocenters. The van der Waals surface area contributed by atoms with Gasteiger partial charge in [-0.15, -0.1) is 0 Å². The van der Waals surface area contributed by atoms with Crippen LogP contribution in [0, 0.1) is 0 Å². The molecule has 0 saturated carbocycles. The lowest BCUT2D eigenvalue weighted by molar-refractivity contribution is -0.305. The summed E-state index contributed by atoms with van der Waals surface area (Å²) < 4.78 is 10.8. The molecule has 0 fully saturated rings. The maximum absolute atomic E-state index is 13.1. The number of amides is 1. The van der Waals surface area contributed by atoms with Gasteiger partial charge in [-0.25, -0.2) is 9.99 Å². The lowest BCUT2D eigenvalue weighted by Gasteiger charge is -2.23. The normalized spacial score (nSPS) is 15.3. The Kier molecular flexibility index (Phi) is 6.98. The van der Waals surface area contributed by atoms with Gasteiger partial charge in [-0.2, -0.15) is 5.10 Å². The van der Waals surface area contributed by atoms with Crippen molar-refractivity contribution in [1.82, 2.24) is 9.99 Å². The summed E-state index contributed by atoms with van der Waals surface area (Å²) in [5.41, 5.74) is 2.90. The van der Waals surface area contributed by atoms with Crippen LogP contribution in [0.5, 0.6) is 11.5 Å². The van der Waals surface area contributed by atoms with Gasteiger partial charge in [0, 0.05) is 35.8 Å². The molecule has 34 heavy (non-hydrogen) atoms. The number of carbonyl (C=O) groups is 2. The highest BCUT2D eigenvalue weighted by Crippen LogP contribution is 2.39. The summed E-state index contributed by atoms with van der Waals surface area (Å²) in [5, 5.41) is 17.8. The van der Waals surface area contributed by atoms with Crippen LogP contribution in [-0.2, 0) is 9.59 Å². The molecular weight excluding hydrogens is 458 g/mol. The Labute approximate surface area is 201 Å². The Morgan fingerprint density at radius 1 is 1.09 bits per heavy atom. The number of rotatable bonds is 8. The second kappa shape index (κ2) is 10.1. The van der Waals surface area contributed by atoms with E-state index in [4.69, 9.17) is 21.1 Å². The number of aromatic nitrogens is 1. The van der Waals surface area contributed by atoms with Crippen LogP contribution in [0.15, 0.2) is 53.6 Å². The number of carbonyl (C=O) groups excluding carboxylic acids is 2. The summed E-state index contributed by atoms with van der Waals surface area (Å²) in [6, 6.07) is 14.5. The van der Waals surface area contributed by atoms with E-state index in [1.807, 2.05) is 36.4 Å². The van der Waals surface area contributed by atoms with Gasteiger partial charge < -0.3 is 19.4 Å². The predicted octanol–water partition coefficient (Wildman–Crippen LogP) is 3.50.